The van der Waals surface area contributed by atoms with Crippen molar-refractivity contribution < 1.29 is 9.59 Å². The number of aromatic nitrogens is 3. The molecule has 1 N–H and O–H groups in total. The standard InChI is InChI=1S/C19H25N5O2/c1-15(12-24-14-20-13-21-24)18(25)22-17-9-5-4-8-16(17)19(26)23-10-6-2-3-7-11-23/h4-5,8-9,13-15H,2-3,6-7,10-12H2,1H3,(H,22,25)/t15-/m0/s1. The highest BCUT2D eigenvalue weighted by molar-refractivity contribution is 6.04. The first kappa shape index (κ1) is 18.1. The lowest BCUT2D eigenvalue weighted by atomic mass is 10.1. The second-order valence-corrected chi connectivity index (χ2v) is 6.76. The lowest BCUT2D eigenvalue weighted by Crippen LogP contribution is -2.33. The van der Waals surface area contributed by atoms with E-state index in [0.29, 0.717) is 17.8 Å². The summed E-state index contributed by atoms with van der Waals surface area (Å²) in [6, 6.07) is 7.23. The van der Waals surface area contributed by atoms with Gasteiger partial charge in [0.25, 0.3) is 5.91 Å². The molecule has 138 valence electrons. The Morgan fingerprint density at radius 3 is 2.58 bits per heavy atom. The minimum atomic E-state index is -0.293. The van der Waals surface area contributed by atoms with Gasteiger partial charge < -0.3 is 10.2 Å². The van der Waals surface area contributed by atoms with Gasteiger partial charge in [0.1, 0.15) is 12.7 Å². The van der Waals surface area contributed by atoms with Gasteiger partial charge in [-0.3, -0.25) is 14.3 Å². The number of anilines is 1. The molecule has 1 saturated heterocycles. The van der Waals surface area contributed by atoms with Crippen molar-refractivity contribution >= 4 is 17.5 Å². The number of amides is 2. The van der Waals surface area contributed by atoms with Crippen molar-refractivity contribution in [2.45, 2.75) is 39.2 Å². The largest absolute Gasteiger partial charge is 0.339 e. The zero-order valence-electron chi connectivity index (χ0n) is 15.1. The van der Waals surface area contributed by atoms with Gasteiger partial charge in [-0.15, -0.1) is 0 Å². The highest BCUT2D eigenvalue weighted by atomic mass is 16.2. The molecule has 0 spiro atoms. The first-order chi connectivity index (χ1) is 12.6. The molecule has 0 radical (unpaired) electrons. The van der Waals surface area contributed by atoms with Gasteiger partial charge >= 0.3 is 0 Å². The van der Waals surface area contributed by atoms with E-state index in [2.05, 4.69) is 15.4 Å². The molecule has 7 heteroatoms. The first-order valence-electron chi connectivity index (χ1n) is 9.16. The normalized spacial score (nSPS) is 16.0. The van der Waals surface area contributed by atoms with Crippen LogP contribution in [0.2, 0.25) is 0 Å². The van der Waals surface area contributed by atoms with Gasteiger partial charge in [0.05, 0.1) is 23.7 Å². The molecule has 0 unspecified atom stereocenters. The Hall–Kier alpha value is -2.70. The third kappa shape index (κ3) is 4.47. The number of rotatable bonds is 5. The van der Waals surface area contributed by atoms with Crippen molar-refractivity contribution in [3.05, 3.63) is 42.5 Å². The van der Waals surface area contributed by atoms with Gasteiger partial charge in [0.2, 0.25) is 5.91 Å². The van der Waals surface area contributed by atoms with Gasteiger partial charge in [-0.2, -0.15) is 5.10 Å². The number of hydrogen-bond acceptors (Lipinski definition) is 4. The number of carbonyl (C=O) groups is 2. The van der Waals surface area contributed by atoms with Crippen molar-refractivity contribution in [2.75, 3.05) is 18.4 Å². The van der Waals surface area contributed by atoms with E-state index < -0.39 is 0 Å². The summed E-state index contributed by atoms with van der Waals surface area (Å²) < 4.78 is 1.62. The van der Waals surface area contributed by atoms with Crippen LogP contribution in [-0.2, 0) is 11.3 Å². The zero-order chi connectivity index (χ0) is 18.4. The Balaban J connectivity index is 1.70. The van der Waals surface area contributed by atoms with E-state index in [-0.39, 0.29) is 17.7 Å². The number of nitrogens with zero attached hydrogens (tertiary/aromatic N) is 4. The van der Waals surface area contributed by atoms with E-state index in [9.17, 15) is 9.59 Å². The summed E-state index contributed by atoms with van der Waals surface area (Å²) in [5.74, 6) is -0.443. The van der Waals surface area contributed by atoms with Crippen molar-refractivity contribution in [1.82, 2.24) is 19.7 Å². The van der Waals surface area contributed by atoms with E-state index in [1.54, 1.807) is 23.1 Å². The van der Waals surface area contributed by atoms with Gasteiger partial charge in [0, 0.05) is 13.1 Å². The van der Waals surface area contributed by atoms with Crippen LogP contribution < -0.4 is 5.32 Å². The average molecular weight is 355 g/mol. The monoisotopic (exact) mass is 355 g/mol. The molecule has 0 bridgehead atoms. The van der Waals surface area contributed by atoms with Crippen LogP contribution in [0.25, 0.3) is 0 Å². The lowest BCUT2D eigenvalue weighted by Gasteiger charge is -2.22. The Morgan fingerprint density at radius 2 is 1.88 bits per heavy atom. The van der Waals surface area contributed by atoms with Gasteiger partial charge in [-0.1, -0.05) is 31.9 Å². The van der Waals surface area contributed by atoms with E-state index in [1.165, 1.54) is 19.2 Å². The van der Waals surface area contributed by atoms with Gasteiger partial charge in [-0.25, -0.2) is 4.98 Å². The third-order valence-corrected chi connectivity index (χ3v) is 4.68. The maximum Gasteiger partial charge on any atom is 0.255 e. The molecule has 1 aliphatic rings. The number of benzene rings is 1. The number of carbonyl (C=O) groups excluding carboxylic acids is 2. The lowest BCUT2D eigenvalue weighted by molar-refractivity contribution is -0.119. The molecule has 2 heterocycles. The zero-order valence-corrected chi connectivity index (χ0v) is 15.1. The molecule has 1 fully saturated rings. The number of para-hydroxylation sites is 1. The van der Waals surface area contributed by atoms with Crippen LogP contribution in [0.3, 0.4) is 0 Å². The average Bonchev–Trinajstić information content (AvgIpc) is 3.01. The summed E-state index contributed by atoms with van der Waals surface area (Å²) in [5, 5.41) is 6.94. The Bertz CT molecular complexity index is 736. The molecular formula is C19H25N5O2. The molecule has 0 saturated carbocycles. The van der Waals surface area contributed by atoms with Gasteiger partial charge in [-0.05, 0) is 25.0 Å². The molecule has 0 aliphatic carbocycles. The predicted molar refractivity (Wildman–Crippen MR) is 98.6 cm³/mol. The topological polar surface area (TPSA) is 80.1 Å². The van der Waals surface area contributed by atoms with Crippen LogP contribution in [0.1, 0.15) is 43.0 Å². The van der Waals surface area contributed by atoms with E-state index in [4.69, 9.17) is 0 Å². The summed E-state index contributed by atoms with van der Waals surface area (Å²) in [6.07, 6.45) is 7.44. The summed E-state index contributed by atoms with van der Waals surface area (Å²) in [7, 11) is 0. The molecule has 1 aromatic heterocycles. The molecule has 1 aromatic carbocycles. The van der Waals surface area contributed by atoms with Crippen LogP contribution in [-0.4, -0.2) is 44.6 Å². The third-order valence-electron chi connectivity index (χ3n) is 4.68. The highest BCUT2D eigenvalue weighted by Gasteiger charge is 2.22. The molecule has 2 amide bonds. The smallest absolute Gasteiger partial charge is 0.255 e. The van der Waals surface area contributed by atoms with Crippen molar-refractivity contribution in [2.24, 2.45) is 5.92 Å². The Morgan fingerprint density at radius 1 is 1.15 bits per heavy atom. The van der Waals surface area contributed by atoms with Crippen molar-refractivity contribution in [1.29, 1.82) is 0 Å². The second-order valence-electron chi connectivity index (χ2n) is 6.76. The minimum absolute atomic E-state index is 0.00766. The maximum atomic E-state index is 12.9. The second kappa shape index (κ2) is 8.60. The van der Waals surface area contributed by atoms with Crippen LogP contribution in [0.4, 0.5) is 5.69 Å². The Kier molecular flexibility index (Phi) is 5.99. The van der Waals surface area contributed by atoms with Crippen molar-refractivity contribution in [3.63, 3.8) is 0 Å². The quantitative estimate of drug-likeness (QED) is 0.894. The summed E-state index contributed by atoms with van der Waals surface area (Å²) in [5.41, 5.74) is 1.12. The number of hydrogen-bond donors (Lipinski definition) is 1. The fraction of sp³-hybridized carbons (Fsp3) is 0.474. The fourth-order valence-electron chi connectivity index (χ4n) is 3.17. The molecule has 26 heavy (non-hydrogen) atoms. The summed E-state index contributed by atoms with van der Waals surface area (Å²) in [4.78, 5) is 31.3. The van der Waals surface area contributed by atoms with Crippen LogP contribution in [0, 0.1) is 5.92 Å². The van der Waals surface area contributed by atoms with Gasteiger partial charge in [0.15, 0.2) is 0 Å². The fourth-order valence-corrected chi connectivity index (χ4v) is 3.17. The van der Waals surface area contributed by atoms with E-state index in [0.717, 1.165) is 25.9 Å². The number of likely N-dealkylation sites (tertiary alicyclic amines) is 1. The minimum Gasteiger partial charge on any atom is -0.339 e. The summed E-state index contributed by atoms with van der Waals surface area (Å²) >= 11 is 0. The molecule has 1 atom stereocenters. The van der Waals surface area contributed by atoms with Crippen molar-refractivity contribution in [3.8, 4) is 0 Å². The maximum absolute atomic E-state index is 12.9. The molecular weight excluding hydrogens is 330 g/mol. The highest BCUT2D eigenvalue weighted by Crippen LogP contribution is 2.20. The van der Waals surface area contributed by atoms with Crippen LogP contribution in [0.5, 0.6) is 0 Å². The molecule has 7 nitrogen and oxygen atoms in total. The van der Waals surface area contributed by atoms with Crippen LogP contribution in [0.15, 0.2) is 36.9 Å². The molecule has 2 aromatic rings. The molecule has 3 rings (SSSR count). The van der Waals surface area contributed by atoms with E-state index in [1.807, 2.05) is 24.0 Å². The predicted octanol–water partition coefficient (Wildman–Crippen LogP) is 2.57. The van der Waals surface area contributed by atoms with Crippen LogP contribution >= 0.6 is 0 Å². The number of nitrogens with one attached hydrogen (secondary N) is 1. The van der Waals surface area contributed by atoms with E-state index >= 15 is 0 Å². The Labute approximate surface area is 153 Å². The summed E-state index contributed by atoms with van der Waals surface area (Å²) in [6.45, 7) is 3.83. The molecule has 1 aliphatic heterocycles. The first-order valence-corrected chi connectivity index (χ1v) is 9.16. The SMILES string of the molecule is C[C@@H](Cn1cncn1)C(=O)Nc1ccccc1C(=O)N1CCCCCC1.